The predicted octanol–water partition coefficient (Wildman–Crippen LogP) is 0.985. The van der Waals surface area contributed by atoms with Gasteiger partial charge in [0.25, 0.3) is 17.1 Å². The largest absolute Gasteiger partial charge is 0.304 e. The van der Waals surface area contributed by atoms with Crippen molar-refractivity contribution in [1.82, 2.24) is 4.89 Å². The number of hydrogen-bond acceptors (Lipinski definition) is 2. The van der Waals surface area contributed by atoms with Crippen molar-refractivity contribution < 1.29 is 26.8 Å². The third-order valence-electron chi connectivity index (χ3n) is 1.09. The Bertz CT molecular complexity index is 181. The van der Waals surface area contributed by atoms with Crippen molar-refractivity contribution >= 4 is 11.3 Å². The standard InChI is InChI=1S/C4H8F3NO3S/c1-3(5,6)4(2,7)11-8-12(9)10/h8H,1-2H3,(H,9,10). The topological polar surface area (TPSA) is 58.6 Å². The molecule has 4 nitrogen and oxygen atoms in total. The highest BCUT2D eigenvalue weighted by atomic mass is 32.2. The van der Waals surface area contributed by atoms with Gasteiger partial charge < -0.3 is 0 Å². The zero-order chi connectivity index (χ0) is 9.99. The summed E-state index contributed by atoms with van der Waals surface area (Å²) in [5.74, 6) is -7.09. The number of hydrogen-bond donors (Lipinski definition) is 2. The third kappa shape index (κ3) is 3.48. The van der Waals surface area contributed by atoms with Crippen LogP contribution in [0.4, 0.5) is 13.2 Å². The lowest BCUT2D eigenvalue weighted by atomic mass is 10.2. The van der Waals surface area contributed by atoms with Crippen molar-refractivity contribution in [3.8, 4) is 0 Å². The summed E-state index contributed by atoms with van der Waals surface area (Å²) in [6.45, 7) is 0.724. The van der Waals surface area contributed by atoms with Crippen LogP contribution in [0.15, 0.2) is 0 Å². The van der Waals surface area contributed by atoms with Gasteiger partial charge in [0, 0.05) is 13.8 Å². The van der Waals surface area contributed by atoms with E-state index < -0.39 is 23.0 Å². The lowest BCUT2D eigenvalue weighted by Crippen LogP contribution is -2.45. The molecule has 0 saturated heterocycles. The van der Waals surface area contributed by atoms with Crippen LogP contribution in [0.3, 0.4) is 0 Å². The molecule has 2 unspecified atom stereocenters. The van der Waals surface area contributed by atoms with E-state index in [2.05, 4.69) is 4.84 Å². The first-order valence-corrected chi connectivity index (χ1v) is 3.89. The summed E-state index contributed by atoms with van der Waals surface area (Å²) in [4.78, 5) is 4.80. The minimum absolute atomic E-state index is 0.287. The molecule has 0 rings (SSSR count). The van der Waals surface area contributed by atoms with E-state index in [0.717, 1.165) is 0 Å². The molecule has 0 heterocycles. The van der Waals surface area contributed by atoms with E-state index >= 15 is 0 Å². The van der Waals surface area contributed by atoms with E-state index in [1.165, 1.54) is 4.89 Å². The fourth-order valence-electron chi connectivity index (χ4n) is 0.203. The van der Waals surface area contributed by atoms with Crippen LogP contribution in [0.2, 0.25) is 0 Å². The molecule has 0 spiro atoms. The van der Waals surface area contributed by atoms with E-state index in [1.807, 2.05) is 0 Å². The number of halogens is 3. The van der Waals surface area contributed by atoms with Gasteiger partial charge in [0.05, 0.1) is 0 Å². The highest BCUT2D eigenvalue weighted by molar-refractivity contribution is 7.76. The number of nitrogens with one attached hydrogen (secondary N) is 1. The predicted molar refractivity (Wildman–Crippen MR) is 35.1 cm³/mol. The molecule has 0 aliphatic rings. The minimum atomic E-state index is -3.76. The Morgan fingerprint density at radius 2 is 1.83 bits per heavy atom. The summed E-state index contributed by atoms with van der Waals surface area (Å²) in [7, 11) is 0. The first-order valence-electron chi connectivity index (χ1n) is 2.78. The monoisotopic (exact) mass is 207 g/mol. The van der Waals surface area contributed by atoms with E-state index in [9.17, 15) is 17.4 Å². The molecular weight excluding hydrogens is 199 g/mol. The lowest BCUT2D eigenvalue weighted by molar-refractivity contribution is -0.273. The van der Waals surface area contributed by atoms with Gasteiger partial charge in [-0.15, -0.1) is 0 Å². The quantitative estimate of drug-likeness (QED) is 0.533. The Morgan fingerprint density at radius 3 is 2.08 bits per heavy atom. The maximum Gasteiger partial charge on any atom is 0.304 e. The van der Waals surface area contributed by atoms with Crippen LogP contribution in [0, 0.1) is 0 Å². The van der Waals surface area contributed by atoms with Crippen LogP contribution in [0.25, 0.3) is 0 Å². The average Bonchev–Trinajstić information content (AvgIpc) is 1.81. The molecule has 0 amide bonds. The van der Waals surface area contributed by atoms with Crippen LogP contribution in [0.5, 0.6) is 0 Å². The van der Waals surface area contributed by atoms with Crippen LogP contribution in [-0.2, 0) is 16.1 Å². The minimum Gasteiger partial charge on any atom is -0.292 e. The average molecular weight is 207 g/mol. The summed E-state index contributed by atoms with van der Waals surface area (Å²) in [5.41, 5.74) is 0. The molecule has 2 atom stereocenters. The molecule has 0 aromatic heterocycles. The Balaban J connectivity index is 4.14. The molecule has 12 heavy (non-hydrogen) atoms. The van der Waals surface area contributed by atoms with Gasteiger partial charge in [-0.3, -0.25) is 4.55 Å². The van der Waals surface area contributed by atoms with Crippen LogP contribution < -0.4 is 4.89 Å². The molecular formula is C4H8F3NO3S. The second-order valence-corrected chi connectivity index (χ2v) is 2.90. The van der Waals surface area contributed by atoms with Crippen LogP contribution in [-0.4, -0.2) is 20.5 Å². The van der Waals surface area contributed by atoms with Gasteiger partial charge in [-0.05, 0) is 0 Å². The van der Waals surface area contributed by atoms with Crippen molar-refractivity contribution in [2.45, 2.75) is 25.6 Å². The van der Waals surface area contributed by atoms with Crippen molar-refractivity contribution in [2.75, 3.05) is 0 Å². The van der Waals surface area contributed by atoms with Gasteiger partial charge in [-0.25, -0.2) is 22.2 Å². The second-order valence-electron chi connectivity index (χ2n) is 2.24. The van der Waals surface area contributed by atoms with Crippen LogP contribution in [0.1, 0.15) is 13.8 Å². The van der Waals surface area contributed by atoms with Gasteiger partial charge in [0.15, 0.2) is 0 Å². The highest BCUT2D eigenvalue weighted by Crippen LogP contribution is 2.31. The molecule has 0 fully saturated rings. The summed E-state index contributed by atoms with van der Waals surface area (Å²) in [6.07, 6.45) is 0. The summed E-state index contributed by atoms with van der Waals surface area (Å²) < 4.78 is 55.0. The van der Waals surface area contributed by atoms with E-state index in [1.54, 1.807) is 0 Å². The fraction of sp³-hybridized carbons (Fsp3) is 1.00. The molecule has 0 aliphatic carbocycles. The summed E-state index contributed by atoms with van der Waals surface area (Å²) in [6, 6.07) is 0. The van der Waals surface area contributed by atoms with E-state index in [4.69, 9.17) is 4.55 Å². The molecule has 0 aromatic rings. The molecule has 2 N–H and O–H groups in total. The Labute approximate surface area is 69.5 Å². The third-order valence-corrected chi connectivity index (χ3v) is 1.31. The molecule has 0 aliphatic heterocycles. The first-order chi connectivity index (χ1) is 5.17. The number of alkyl halides is 3. The van der Waals surface area contributed by atoms with Gasteiger partial charge in [0.2, 0.25) is 0 Å². The van der Waals surface area contributed by atoms with Crippen molar-refractivity contribution in [1.29, 1.82) is 0 Å². The van der Waals surface area contributed by atoms with Crippen molar-refractivity contribution in [3.05, 3.63) is 0 Å². The fourth-order valence-corrected chi connectivity index (χ4v) is 0.431. The number of rotatable bonds is 4. The lowest BCUT2D eigenvalue weighted by Gasteiger charge is -2.25. The molecule has 8 heteroatoms. The molecule has 0 aromatic carbocycles. The maximum absolute atomic E-state index is 12.7. The van der Waals surface area contributed by atoms with Gasteiger partial charge in [-0.2, -0.15) is 0 Å². The smallest absolute Gasteiger partial charge is 0.292 e. The highest BCUT2D eigenvalue weighted by Gasteiger charge is 2.49. The van der Waals surface area contributed by atoms with Gasteiger partial charge in [0.1, 0.15) is 0 Å². The Hall–Kier alpha value is -0.180. The van der Waals surface area contributed by atoms with Crippen LogP contribution >= 0.6 is 0 Å². The second kappa shape index (κ2) is 3.69. The first kappa shape index (κ1) is 11.8. The summed E-state index contributed by atoms with van der Waals surface area (Å²) >= 11 is -2.69. The molecule has 0 bridgehead atoms. The Morgan fingerprint density at radius 1 is 1.42 bits per heavy atom. The molecule has 0 saturated carbocycles. The molecule has 74 valence electrons. The normalized spacial score (nSPS) is 20.2. The zero-order valence-electron chi connectivity index (χ0n) is 6.31. The molecule has 0 radical (unpaired) electrons. The van der Waals surface area contributed by atoms with Crippen molar-refractivity contribution in [3.63, 3.8) is 0 Å². The van der Waals surface area contributed by atoms with Crippen molar-refractivity contribution in [2.24, 2.45) is 0 Å². The SMILES string of the molecule is CC(F)(F)C(C)(F)ONS(=O)O. The summed E-state index contributed by atoms with van der Waals surface area (Å²) in [5, 5.41) is 0. The van der Waals surface area contributed by atoms with E-state index in [-0.39, 0.29) is 6.92 Å². The zero-order valence-corrected chi connectivity index (χ0v) is 7.12. The van der Waals surface area contributed by atoms with Gasteiger partial charge >= 0.3 is 5.92 Å². The van der Waals surface area contributed by atoms with Gasteiger partial charge in [-0.1, -0.05) is 4.89 Å². The Kier molecular flexibility index (Phi) is 3.63. The maximum atomic E-state index is 12.7. The van der Waals surface area contributed by atoms with E-state index in [0.29, 0.717) is 6.92 Å².